The Morgan fingerprint density at radius 3 is 1.73 bits per heavy atom. The van der Waals surface area contributed by atoms with Gasteiger partial charge in [-0.2, -0.15) is 6.08 Å². The van der Waals surface area contributed by atoms with Gasteiger partial charge in [0.25, 0.3) is 0 Å². The number of fused-ring (bicyclic) bond motifs is 3. The molecule has 0 aliphatic heterocycles. The molecule has 0 spiro atoms. The molecule has 1 aliphatic rings. The molecule has 0 fully saturated rings. The topological polar surface area (TPSA) is 0 Å². The molecular formula is C19H16Cl2Hf-2. The van der Waals surface area contributed by atoms with Gasteiger partial charge in [0.1, 0.15) is 0 Å². The van der Waals surface area contributed by atoms with E-state index in [0.717, 1.165) is 30.3 Å². The number of allylic oxidation sites excluding steroid dienone is 4. The van der Waals surface area contributed by atoms with E-state index in [1.165, 1.54) is 21.5 Å². The van der Waals surface area contributed by atoms with Crippen molar-refractivity contribution in [2.75, 3.05) is 0 Å². The van der Waals surface area contributed by atoms with Crippen LogP contribution in [-0.4, -0.2) is 4.26 Å². The van der Waals surface area contributed by atoms with E-state index in [9.17, 15) is 0 Å². The summed E-state index contributed by atoms with van der Waals surface area (Å²) in [5.41, 5.74) is 0. The summed E-state index contributed by atoms with van der Waals surface area (Å²) in [5.74, 6) is 0. The van der Waals surface area contributed by atoms with Gasteiger partial charge in [-0.3, -0.25) is 6.08 Å². The second kappa shape index (κ2) is 11.6. The minimum Gasteiger partial charge on any atom is -1.00 e. The predicted molar refractivity (Wildman–Crippen MR) is 85.7 cm³/mol. The average molecular weight is 494 g/mol. The molecule has 0 saturated carbocycles. The first-order chi connectivity index (χ1) is 9.95. The third kappa shape index (κ3) is 5.39. The Balaban J connectivity index is 0.000000422. The van der Waals surface area contributed by atoms with Crippen LogP contribution in [0.4, 0.5) is 0 Å². The van der Waals surface area contributed by atoms with Crippen LogP contribution in [-0.2, 0) is 23.9 Å². The van der Waals surface area contributed by atoms with E-state index >= 15 is 0 Å². The molecular weight excluding hydrogens is 478 g/mol. The van der Waals surface area contributed by atoms with Crippen LogP contribution in [0, 0.1) is 6.08 Å². The summed E-state index contributed by atoms with van der Waals surface area (Å²) < 4.78 is 3.39. The fourth-order valence-corrected chi connectivity index (χ4v) is 2.24. The summed E-state index contributed by atoms with van der Waals surface area (Å²) in [7, 11) is 0. The van der Waals surface area contributed by atoms with Crippen molar-refractivity contribution in [2.24, 2.45) is 0 Å². The van der Waals surface area contributed by atoms with E-state index in [1.54, 1.807) is 0 Å². The first-order valence-corrected chi connectivity index (χ1v) is 9.09. The molecule has 3 aromatic rings. The maximum Gasteiger partial charge on any atom is -0.0771 e. The van der Waals surface area contributed by atoms with Crippen molar-refractivity contribution in [2.45, 2.75) is 6.42 Å². The molecule has 3 heteroatoms. The normalized spacial score (nSPS) is 10.8. The van der Waals surface area contributed by atoms with E-state index in [0.29, 0.717) is 0 Å². The third-order valence-electron chi connectivity index (χ3n) is 3.11. The Kier molecular flexibility index (Phi) is 11.2. The Hall–Kier alpha value is -0.890. The van der Waals surface area contributed by atoms with E-state index in [4.69, 9.17) is 0 Å². The van der Waals surface area contributed by atoms with Gasteiger partial charge in [-0.05, 0) is 0 Å². The molecule has 1 aliphatic carbocycles. The summed E-state index contributed by atoms with van der Waals surface area (Å²) in [5, 5.41) is 5.39. The van der Waals surface area contributed by atoms with Crippen molar-refractivity contribution in [1.29, 1.82) is 0 Å². The number of benzene rings is 2. The van der Waals surface area contributed by atoms with E-state index in [-0.39, 0.29) is 24.8 Å². The monoisotopic (exact) mass is 494 g/mol. The quantitative estimate of drug-likeness (QED) is 0.278. The zero-order valence-corrected chi connectivity index (χ0v) is 17.2. The molecule has 0 amide bonds. The van der Waals surface area contributed by atoms with Crippen molar-refractivity contribution in [3.8, 4) is 0 Å². The molecule has 0 N–H and O–H groups in total. The van der Waals surface area contributed by atoms with Crippen LogP contribution in [0.25, 0.3) is 21.5 Å². The van der Waals surface area contributed by atoms with Gasteiger partial charge in [0.05, 0.1) is 0 Å². The van der Waals surface area contributed by atoms with Crippen LogP contribution in [0.3, 0.4) is 0 Å². The second-order valence-electron chi connectivity index (χ2n) is 4.32. The molecule has 0 saturated heterocycles. The first-order valence-electron chi connectivity index (χ1n) is 6.55. The summed E-state index contributed by atoms with van der Waals surface area (Å²) in [4.78, 5) is 0. The molecule has 0 heterocycles. The zero-order chi connectivity index (χ0) is 14.2. The Morgan fingerprint density at radius 1 is 0.864 bits per heavy atom. The van der Waals surface area contributed by atoms with Gasteiger partial charge in [0, 0.05) is 0 Å². The SMILES string of the molecule is [C-]1=CC=CC1.[CH2]=[Hf+2].[Cl-].[Cl-].c1ccc2c(c1)[cH-]c1ccccc12. The minimum atomic E-state index is 0. The second-order valence-corrected chi connectivity index (χ2v) is 4.32. The molecule has 4 rings (SSSR count). The fraction of sp³-hybridized carbons (Fsp3) is 0.0526. The van der Waals surface area contributed by atoms with Gasteiger partial charge < -0.3 is 24.8 Å². The zero-order valence-electron chi connectivity index (χ0n) is 12.1. The van der Waals surface area contributed by atoms with Crippen LogP contribution in [0.1, 0.15) is 6.42 Å². The third-order valence-corrected chi connectivity index (χ3v) is 3.11. The van der Waals surface area contributed by atoms with E-state index < -0.39 is 0 Å². The summed E-state index contributed by atoms with van der Waals surface area (Å²) in [6.45, 7) is 0. The standard InChI is InChI=1S/C13H9.C5H5.CH2.2ClH.Hf/c1-3-7-12-10(5-1)9-11-6-2-4-8-13(11)12;1-2-4-5-3-1;;;;/h1-9H;1-3H,4H2;1H2;2*1H;/q2*-1;;;;+2/p-2. The van der Waals surface area contributed by atoms with Crippen LogP contribution in [0.5, 0.6) is 0 Å². The largest absolute Gasteiger partial charge is 1.00 e. The fourth-order valence-electron chi connectivity index (χ4n) is 2.24. The van der Waals surface area contributed by atoms with Crippen molar-refractivity contribution < 1.29 is 48.7 Å². The maximum absolute atomic E-state index is 3.39. The van der Waals surface area contributed by atoms with E-state index in [1.807, 2.05) is 12.2 Å². The van der Waals surface area contributed by atoms with Crippen LogP contribution in [0.15, 0.2) is 72.8 Å². The van der Waals surface area contributed by atoms with Crippen LogP contribution < -0.4 is 24.8 Å². The number of hydrogen-bond acceptors (Lipinski definition) is 0. The number of hydrogen-bond donors (Lipinski definition) is 0. The van der Waals surface area contributed by atoms with Gasteiger partial charge in [-0.15, -0.1) is 46.2 Å². The van der Waals surface area contributed by atoms with Gasteiger partial charge >= 0.3 is 28.2 Å². The molecule has 112 valence electrons. The molecule has 0 aromatic heterocycles. The Labute approximate surface area is 159 Å². The number of halogens is 2. The van der Waals surface area contributed by atoms with Gasteiger partial charge in [0.2, 0.25) is 0 Å². The van der Waals surface area contributed by atoms with Crippen molar-refractivity contribution in [3.63, 3.8) is 0 Å². The molecule has 22 heavy (non-hydrogen) atoms. The Morgan fingerprint density at radius 2 is 1.36 bits per heavy atom. The van der Waals surface area contributed by atoms with Gasteiger partial charge in [0.15, 0.2) is 0 Å². The van der Waals surface area contributed by atoms with Gasteiger partial charge in [-0.25, -0.2) is 12.2 Å². The predicted octanol–water partition coefficient (Wildman–Crippen LogP) is -1.01. The average Bonchev–Trinajstić information content (AvgIpc) is 3.20. The van der Waals surface area contributed by atoms with Crippen molar-refractivity contribution in [1.82, 2.24) is 0 Å². The molecule has 0 bridgehead atoms. The number of rotatable bonds is 0. The molecule has 0 atom stereocenters. The van der Waals surface area contributed by atoms with Crippen LogP contribution in [0.2, 0.25) is 0 Å². The summed E-state index contributed by atoms with van der Waals surface area (Å²) in [6.07, 6.45) is 10.0. The van der Waals surface area contributed by atoms with Gasteiger partial charge in [-0.1, -0.05) is 36.4 Å². The molecule has 0 nitrogen and oxygen atoms in total. The van der Waals surface area contributed by atoms with E-state index in [2.05, 4.69) is 71.0 Å². The van der Waals surface area contributed by atoms with Crippen molar-refractivity contribution in [3.05, 3.63) is 78.9 Å². The smallest absolute Gasteiger partial charge is 0.0771 e. The Bertz CT molecular complexity index is 681. The summed E-state index contributed by atoms with van der Waals surface area (Å²) in [6, 6.07) is 19.3. The minimum absolute atomic E-state index is 0. The first kappa shape index (κ1) is 21.1. The van der Waals surface area contributed by atoms with Crippen LogP contribution >= 0.6 is 0 Å². The molecule has 0 unspecified atom stereocenters. The summed E-state index contributed by atoms with van der Waals surface area (Å²) >= 11 is 1.06. The van der Waals surface area contributed by atoms with Crippen molar-refractivity contribution >= 4 is 25.8 Å². The maximum atomic E-state index is 3.39. The molecule has 0 radical (unpaired) electrons. The molecule has 3 aromatic carbocycles.